The molecule has 0 unspecified atom stereocenters. The lowest BCUT2D eigenvalue weighted by molar-refractivity contribution is 0.454. The Balaban J connectivity index is 3.30. The molecule has 0 atom stereocenters. The molecule has 0 bridgehead atoms. The van der Waals surface area contributed by atoms with E-state index in [1.165, 1.54) is 25.7 Å². The van der Waals surface area contributed by atoms with E-state index >= 15 is 0 Å². The quantitative estimate of drug-likeness (QED) is 0.560. The predicted molar refractivity (Wildman–Crippen MR) is 52.6 cm³/mol. The van der Waals surface area contributed by atoms with E-state index in [2.05, 4.69) is 25.1 Å². The van der Waals surface area contributed by atoms with Gasteiger partial charge in [-0.25, -0.2) is 4.36 Å². The Bertz CT molecular complexity index is 110. The summed E-state index contributed by atoms with van der Waals surface area (Å²) < 4.78 is 3.90. The molecule has 0 fully saturated rings. The minimum absolute atomic E-state index is 0.0308. The van der Waals surface area contributed by atoms with E-state index in [0.29, 0.717) is 0 Å². The minimum Gasteiger partial charge on any atom is -0.213 e. The zero-order valence-corrected chi connectivity index (χ0v) is 8.71. The zero-order valence-electron chi connectivity index (χ0n) is 7.89. The first-order valence-electron chi connectivity index (χ1n) is 4.47. The first-order valence-corrected chi connectivity index (χ1v) is 4.83. The van der Waals surface area contributed by atoms with Crippen LogP contribution >= 0.6 is 0 Å². The van der Waals surface area contributed by atoms with Gasteiger partial charge in [0.2, 0.25) is 0 Å². The second kappa shape index (κ2) is 5.64. The summed E-state index contributed by atoms with van der Waals surface area (Å²) in [6.07, 6.45) is 6.36. The molecule has 0 rings (SSSR count). The van der Waals surface area contributed by atoms with E-state index in [-0.39, 0.29) is 5.54 Å². The van der Waals surface area contributed by atoms with Gasteiger partial charge in [0.15, 0.2) is 0 Å². The topological polar surface area (TPSA) is 12.4 Å². The Morgan fingerprint density at radius 3 is 2.27 bits per heavy atom. The monoisotopic (exact) mass is 173 g/mol. The molecule has 1 nitrogen and oxygen atoms in total. The maximum Gasteiger partial charge on any atom is 0.0682 e. The van der Waals surface area contributed by atoms with Gasteiger partial charge in [-0.1, -0.05) is 32.6 Å². The fourth-order valence-electron chi connectivity index (χ4n) is 1.03. The van der Waals surface area contributed by atoms with Gasteiger partial charge in [-0.05, 0) is 20.3 Å². The van der Waals surface area contributed by atoms with Crippen LogP contribution in [0.3, 0.4) is 0 Å². The average Bonchev–Trinajstić information content (AvgIpc) is 1.99. The zero-order chi connectivity index (χ0) is 8.74. The molecule has 0 amide bonds. The standard InChI is InChI=1S/C9H19NS/c1-4-5-6-7-8-9(2,3)10-11/h4-8H2,1-3H3. The summed E-state index contributed by atoms with van der Waals surface area (Å²) in [5.41, 5.74) is 0.0308. The van der Waals surface area contributed by atoms with Crippen LogP contribution in [0.15, 0.2) is 4.36 Å². The molecule has 0 saturated carbocycles. The summed E-state index contributed by atoms with van der Waals surface area (Å²) in [5.74, 6) is 0. The number of rotatable bonds is 6. The Hall–Kier alpha value is 0.0200. The fraction of sp³-hybridized carbons (Fsp3) is 1.00. The molecule has 0 heterocycles. The van der Waals surface area contributed by atoms with Gasteiger partial charge in [-0.3, -0.25) is 0 Å². The van der Waals surface area contributed by atoms with Crippen LogP contribution in [0, 0.1) is 0 Å². The van der Waals surface area contributed by atoms with Crippen molar-refractivity contribution in [2.75, 3.05) is 0 Å². The molecule has 66 valence electrons. The summed E-state index contributed by atoms with van der Waals surface area (Å²) >= 11 is 4.69. The highest BCUT2D eigenvalue weighted by molar-refractivity contribution is 7.47. The van der Waals surface area contributed by atoms with Crippen LogP contribution in [0.5, 0.6) is 0 Å². The molecule has 0 aromatic carbocycles. The highest BCUT2D eigenvalue weighted by Crippen LogP contribution is 2.17. The maximum atomic E-state index is 4.69. The predicted octanol–water partition coefficient (Wildman–Crippen LogP) is 3.47. The largest absolute Gasteiger partial charge is 0.213 e. The summed E-state index contributed by atoms with van der Waals surface area (Å²) in [5, 5.41) is 0. The molecule has 2 heteroatoms. The van der Waals surface area contributed by atoms with Crippen LogP contribution in [0.25, 0.3) is 0 Å². The SMILES string of the molecule is CCCCCCC(C)(C)N=S. The number of hydrogen-bond donors (Lipinski definition) is 0. The molecule has 0 saturated heterocycles. The van der Waals surface area contributed by atoms with Crippen LogP contribution < -0.4 is 0 Å². The van der Waals surface area contributed by atoms with Crippen LogP contribution in [-0.4, -0.2) is 5.54 Å². The third kappa shape index (κ3) is 6.42. The molecule has 0 aliphatic heterocycles. The lowest BCUT2D eigenvalue weighted by Gasteiger charge is -2.16. The molecule has 0 N–H and O–H groups in total. The van der Waals surface area contributed by atoms with Crippen molar-refractivity contribution >= 4 is 12.4 Å². The van der Waals surface area contributed by atoms with Crippen LogP contribution in [0.2, 0.25) is 0 Å². The normalized spacial score (nSPS) is 11.5. The molecule has 0 aromatic rings. The second-order valence-electron chi connectivity index (χ2n) is 3.71. The summed E-state index contributed by atoms with van der Waals surface area (Å²) in [7, 11) is 0. The first-order chi connectivity index (χ1) is 5.12. The highest BCUT2D eigenvalue weighted by Gasteiger charge is 2.13. The number of unbranched alkanes of at least 4 members (excludes halogenated alkanes) is 3. The van der Waals surface area contributed by atoms with Gasteiger partial charge in [0, 0.05) is 12.4 Å². The van der Waals surface area contributed by atoms with Crippen LogP contribution in [-0.2, 0) is 12.4 Å². The van der Waals surface area contributed by atoms with Crippen molar-refractivity contribution in [3.8, 4) is 0 Å². The molecule has 0 spiro atoms. The van der Waals surface area contributed by atoms with Crippen molar-refractivity contribution in [2.24, 2.45) is 4.36 Å². The summed E-state index contributed by atoms with van der Waals surface area (Å²) in [6.45, 7) is 6.43. The van der Waals surface area contributed by atoms with Gasteiger partial charge in [0.1, 0.15) is 0 Å². The molecule has 0 aliphatic carbocycles. The highest BCUT2D eigenvalue weighted by atomic mass is 32.1. The second-order valence-corrected chi connectivity index (χ2v) is 3.90. The van der Waals surface area contributed by atoms with Gasteiger partial charge in [0.05, 0.1) is 5.54 Å². The van der Waals surface area contributed by atoms with Gasteiger partial charge in [-0.2, -0.15) is 0 Å². The average molecular weight is 173 g/mol. The Morgan fingerprint density at radius 1 is 1.18 bits per heavy atom. The third-order valence-electron chi connectivity index (χ3n) is 1.89. The maximum absolute atomic E-state index is 4.69. The Morgan fingerprint density at radius 2 is 1.82 bits per heavy atom. The number of hydrogen-bond acceptors (Lipinski definition) is 2. The summed E-state index contributed by atoms with van der Waals surface area (Å²) in [6, 6.07) is 0. The van der Waals surface area contributed by atoms with E-state index in [9.17, 15) is 0 Å². The lowest BCUT2D eigenvalue weighted by atomic mass is 9.98. The molecular weight excluding hydrogens is 154 g/mol. The lowest BCUT2D eigenvalue weighted by Crippen LogP contribution is -2.14. The van der Waals surface area contributed by atoms with Crippen LogP contribution in [0.4, 0.5) is 0 Å². The van der Waals surface area contributed by atoms with Crippen LogP contribution in [0.1, 0.15) is 52.9 Å². The Labute approximate surface area is 75.8 Å². The number of nitrogens with zero attached hydrogens (tertiary/aromatic N) is 1. The van der Waals surface area contributed by atoms with Crippen molar-refractivity contribution in [3.05, 3.63) is 0 Å². The van der Waals surface area contributed by atoms with Crippen molar-refractivity contribution in [2.45, 2.75) is 58.4 Å². The molecule has 0 aliphatic rings. The van der Waals surface area contributed by atoms with Gasteiger partial charge in [0.25, 0.3) is 0 Å². The third-order valence-corrected chi connectivity index (χ3v) is 2.38. The Kier molecular flexibility index (Phi) is 5.65. The van der Waals surface area contributed by atoms with Gasteiger partial charge < -0.3 is 0 Å². The van der Waals surface area contributed by atoms with E-state index in [1.54, 1.807) is 0 Å². The van der Waals surface area contributed by atoms with Crippen molar-refractivity contribution in [3.63, 3.8) is 0 Å². The smallest absolute Gasteiger partial charge is 0.0682 e. The molecule has 11 heavy (non-hydrogen) atoms. The fourth-order valence-corrected chi connectivity index (χ4v) is 1.12. The van der Waals surface area contributed by atoms with Crippen molar-refractivity contribution in [1.29, 1.82) is 0 Å². The van der Waals surface area contributed by atoms with Gasteiger partial charge in [-0.15, -0.1) is 0 Å². The van der Waals surface area contributed by atoms with E-state index < -0.39 is 0 Å². The van der Waals surface area contributed by atoms with E-state index in [0.717, 1.165) is 6.42 Å². The van der Waals surface area contributed by atoms with Gasteiger partial charge >= 0.3 is 0 Å². The molecule has 0 radical (unpaired) electrons. The summed E-state index contributed by atoms with van der Waals surface area (Å²) in [4.78, 5) is 0. The van der Waals surface area contributed by atoms with Crippen molar-refractivity contribution < 1.29 is 0 Å². The first kappa shape index (κ1) is 11.0. The van der Waals surface area contributed by atoms with Crippen molar-refractivity contribution in [1.82, 2.24) is 0 Å². The molecular formula is C9H19NS. The molecule has 0 aromatic heterocycles. The minimum atomic E-state index is 0.0308. The van der Waals surface area contributed by atoms with E-state index in [4.69, 9.17) is 12.4 Å². The van der Waals surface area contributed by atoms with E-state index in [1.807, 2.05) is 0 Å².